The number of benzene rings is 3. The van der Waals surface area contributed by atoms with Crippen LogP contribution in [-0.2, 0) is 6.54 Å². The topological polar surface area (TPSA) is 96.2 Å². The second-order valence-electron chi connectivity index (χ2n) is 6.52. The fourth-order valence-corrected chi connectivity index (χ4v) is 3.02. The van der Waals surface area contributed by atoms with Gasteiger partial charge >= 0.3 is 6.03 Å². The second kappa shape index (κ2) is 9.01. The van der Waals surface area contributed by atoms with Crippen molar-refractivity contribution >= 4 is 28.4 Å². The van der Waals surface area contributed by atoms with Gasteiger partial charge in [-0.25, -0.2) is 4.79 Å². The van der Waals surface area contributed by atoms with Crippen LogP contribution >= 0.6 is 0 Å². The van der Waals surface area contributed by atoms with Gasteiger partial charge in [0.2, 0.25) is 0 Å². The van der Waals surface area contributed by atoms with E-state index in [1.807, 2.05) is 43.3 Å². The van der Waals surface area contributed by atoms with Gasteiger partial charge in [0.05, 0.1) is 0 Å². The molecule has 0 saturated carbocycles. The van der Waals surface area contributed by atoms with Crippen molar-refractivity contribution in [2.24, 2.45) is 5.73 Å². The van der Waals surface area contributed by atoms with E-state index in [1.165, 1.54) is 0 Å². The van der Waals surface area contributed by atoms with Crippen LogP contribution < -0.4 is 21.7 Å². The molecule has 0 saturated heterocycles. The maximum absolute atomic E-state index is 12.7. The Bertz CT molecular complexity index is 995. The molecule has 3 aromatic carbocycles. The SMILES string of the molecule is Cc1ccc(NC(=O)NCCN)cc1C(=O)NCc1cccc2ccccc12. The molecule has 0 fully saturated rings. The van der Waals surface area contributed by atoms with Gasteiger partial charge in [0, 0.05) is 30.9 Å². The lowest BCUT2D eigenvalue weighted by molar-refractivity contribution is 0.0950. The number of hydrogen-bond donors (Lipinski definition) is 4. The van der Waals surface area contributed by atoms with Crippen LogP contribution in [0.2, 0.25) is 0 Å². The maximum Gasteiger partial charge on any atom is 0.319 e. The highest BCUT2D eigenvalue weighted by Crippen LogP contribution is 2.19. The Hall–Kier alpha value is -3.38. The zero-order chi connectivity index (χ0) is 19.9. The first-order valence-electron chi connectivity index (χ1n) is 9.19. The highest BCUT2D eigenvalue weighted by atomic mass is 16.2. The van der Waals surface area contributed by atoms with Gasteiger partial charge in [-0.3, -0.25) is 4.79 Å². The van der Waals surface area contributed by atoms with E-state index >= 15 is 0 Å². The number of rotatable bonds is 6. The third-order valence-corrected chi connectivity index (χ3v) is 4.49. The number of carbonyl (C=O) groups excluding carboxylic acids is 2. The first-order valence-corrected chi connectivity index (χ1v) is 9.19. The average molecular weight is 376 g/mol. The summed E-state index contributed by atoms with van der Waals surface area (Å²) in [6.07, 6.45) is 0. The molecular formula is C22H24N4O2. The number of fused-ring (bicyclic) bond motifs is 1. The molecule has 3 amide bonds. The summed E-state index contributed by atoms with van der Waals surface area (Å²) in [6.45, 7) is 3.04. The molecular weight excluding hydrogens is 352 g/mol. The molecule has 0 bridgehead atoms. The van der Waals surface area contributed by atoms with Crippen molar-refractivity contribution in [3.8, 4) is 0 Å². The number of carbonyl (C=O) groups is 2. The summed E-state index contributed by atoms with van der Waals surface area (Å²) in [5.41, 5.74) is 8.34. The quantitative estimate of drug-likeness (QED) is 0.532. The van der Waals surface area contributed by atoms with Gasteiger partial charge in [0.25, 0.3) is 5.91 Å². The number of anilines is 1. The van der Waals surface area contributed by atoms with Gasteiger partial charge in [0.1, 0.15) is 0 Å². The Morgan fingerprint density at radius 3 is 2.57 bits per heavy atom. The minimum Gasteiger partial charge on any atom is -0.348 e. The van der Waals surface area contributed by atoms with E-state index in [1.54, 1.807) is 12.1 Å². The number of urea groups is 1. The summed E-state index contributed by atoms with van der Waals surface area (Å²) in [4.78, 5) is 24.5. The average Bonchev–Trinajstić information content (AvgIpc) is 2.71. The van der Waals surface area contributed by atoms with E-state index in [4.69, 9.17) is 5.73 Å². The molecule has 6 heteroatoms. The lowest BCUT2D eigenvalue weighted by atomic mass is 10.0. The smallest absolute Gasteiger partial charge is 0.319 e. The molecule has 6 nitrogen and oxygen atoms in total. The third kappa shape index (κ3) is 4.66. The third-order valence-electron chi connectivity index (χ3n) is 4.49. The van der Waals surface area contributed by atoms with Crippen molar-refractivity contribution in [3.63, 3.8) is 0 Å². The predicted octanol–water partition coefficient (Wildman–Crippen LogP) is 3.16. The normalized spacial score (nSPS) is 10.5. The minimum atomic E-state index is -0.351. The van der Waals surface area contributed by atoms with Gasteiger partial charge < -0.3 is 21.7 Å². The Labute approximate surface area is 164 Å². The number of aryl methyl sites for hydroxylation is 1. The van der Waals surface area contributed by atoms with Crippen molar-refractivity contribution in [1.29, 1.82) is 0 Å². The molecule has 28 heavy (non-hydrogen) atoms. The van der Waals surface area contributed by atoms with Crippen LogP contribution in [0.3, 0.4) is 0 Å². The summed E-state index contributed by atoms with van der Waals surface area (Å²) in [6, 6.07) is 19.0. The van der Waals surface area contributed by atoms with Crippen LogP contribution in [-0.4, -0.2) is 25.0 Å². The van der Waals surface area contributed by atoms with Crippen LogP contribution in [0.5, 0.6) is 0 Å². The van der Waals surface area contributed by atoms with Crippen LogP contribution in [0, 0.1) is 6.92 Å². The van der Waals surface area contributed by atoms with Gasteiger partial charge in [-0.2, -0.15) is 0 Å². The van der Waals surface area contributed by atoms with Crippen LogP contribution in [0.4, 0.5) is 10.5 Å². The van der Waals surface area contributed by atoms with Crippen molar-refractivity contribution < 1.29 is 9.59 Å². The summed E-state index contributed by atoms with van der Waals surface area (Å²) in [5, 5.41) is 10.6. The first kappa shape index (κ1) is 19.4. The molecule has 0 spiro atoms. The zero-order valence-corrected chi connectivity index (χ0v) is 15.8. The molecule has 0 heterocycles. The van der Waals surface area contributed by atoms with Crippen molar-refractivity contribution in [2.75, 3.05) is 18.4 Å². The number of amides is 3. The van der Waals surface area contributed by atoms with Crippen molar-refractivity contribution in [1.82, 2.24) is 10.6 Å². The van der Waals surface area contributed by atoms with E-state index in [-0.39, 0.29) is 11.9 Å². The van der Waals surface area contributed by atoms with E-state index < -0.39 is 0 Å². The summed E-state index contributed by atoms with van der Waals surface area (Å²) < 4.78 is 0. The fourth-order valence-electron chi connectivity index (χ4n) is 3.02. The monoisotopic (exact) mass is 376 g/mol. The number of nitrogens with two attached hydrogens (primary N) is 1. The molecule has 3 rings (SSSR count). The molecule has 144 valence electrons. The van der Waals surface area contributed by atoms with Gasteiger partial charge in [0.15, 0.2) is 0 Å². The predicted molar refractivity (Wildman–Crippen MR) is 112 cm³/mol. The number of hydrogen-bond acceptors (Lipinski definition) is 3. The molecule has 0 unspecified atom stereocenters. The molecule has 0 atom stereocenters. The van der Waals surface area contributed by atoms with Crippen LogP contribution in [0.25, 0.3) is 10.8 Å². The lowest BCUT2D eigenvalue weighted by Crippen LogP contribution is -2.33. The standard InChI is InChI=1S/C22H24N4O2/c1-15-9-10-18(26-22(28)24-12-11-23)13-20(15)21(27)25-14-17-7-4-6-16-5-2-3-8-19(16)17/h2-10,13H,11-12,14,23H2,1H3,(H,25,27)(H2,24,26,28). The second-order valence-corrected chi connectivity index (χ2v) is 6.52. The van der Waals surface area contributed by atoms with E-state index in [9.17, 15) is 9.59 Å². The summed E-state index contributed by atoms with van der Waals surface area (Å²) in [5.74, 6) is -0.184. The highest BCUT2D eigenvalue weighted by molar-refractivity contribution is 5.98. The largest absolute Gasteiger partial charge is 0.348 e. The Morgan fingerprint density at radius 1 is 0.964 bits per heavy atom. The Balaban J connectivity index is 1.71. The minimum absolute atomic E-state index is 0.184. The molecule has 5 N–H and O–H groups in total. The molecule has 0 aliphatic carbocycles. The number of nitrogens with one attached hydrogen (secondary N) is 3. The molecule has 0 radical (unpaired) electrons. The Morgan fingerprint density at radius 2 is 1.75 bits per heavy atom. The van der Waals surface area contributed by atoms with Crippen molar-refractivity contribution in [2.45, 2.75) is 13.5 Å². The van der Waals surface area contributed by atoms with Crippen LogP contribution in [0.15, 0.2) is 60.7 Å². The lowest BCUT2D eigenvalue weighted by Gasteiger charge is -2.12. The van der Waals surface area contributed by atoms with Gasteiger partial charge in [-0.05, 0) is 41.0 Å². The van der Waals surface area contributed by atoms with E-state index in [0.29, 0.717) is 30.9 Å². The maximum atomic E-state index is 12.7. The molecule has 3 aromatic rings. The summed E-state index contributed by atoms with van der Waals surface area (Å²) >= 11 is 0. The van der Waals surface area contributed by atoms with Gasteiger partial charge in [-0.1, -0.05) is 48.5 Å². The molecule has 0 aliphatic heterocycles. The Kier molecular flexibility index (Phi) is 6.24. The fraction of sp³-hybridized carbons (Fsp3) is 0.182. The summed E-state index contributed by atoms with van der Waals surface area (Å²) in [7, 11) is 0. The molecule has 0 aromatic heterocycles. The van der Waals surface area contributed by atoms with Crippen LogP contribution in [0.1, 0.15) is 21.5 Å². The zero-order valence-electron chi connectivity index (χ0n) is 15.8. The van der Waals surface area contributed by atoms with E-state index in [0.717, 1.165) is 21.9 Å². The van der Waals surface area contributed by atoms with Crippen molar-refractivity contribution in [3.05, 3.63) is 77.4 Å². The van der Waals surface area contributed by atoms with Gasteiger partial charge in [-0.15, -0.1) is 0 Å². The van der Waals surface area contributed by atoms with E-state index in [2.05, 4.69) is 28.1 Å². The first-order chi connectivity index (χ1) is 13.6. The highest BCUT2D eigenvalue weighted by Gasteiger charge is 2.12. The molecule has 0 aliphatic rings.